The van der Waals surface area contributed by atoms with Crippen molar-refractivity contribution in [3.8, 4) is 11.8 Å². The minimum absolute atomic E-state index is 0.0521. The Morgan fingerprint density at radius 3 is 2.50 bits per heavy atom. The van der Waals surface area contributed by atoms with Crippen LogP contribution >= 0.6 is 15.9 Å². The molecule has 1 amide bonds. The number of benzene rings is 3. The van der Waals surface area contributed by atoms with Gasteiger partial charge in [0, 0.05) is 4.47 Å². The molecule has 1 N–H and O–H groups in total. The summed E-state index contributed by atoms with van der Waals surface area (Å²) in [6.07, 6.45) is 1.42. The average Bonchev–Trinajstić information content (AvgIpc) is 2.82. The number of rotatable bonds is 9. The lowest BCUT2D eigenvalue weighted by molar-refractivity contribution is -0.119. The number of carbonyl (C=O) groups is 1. The van der Waals surface area contributed by atoms with Crippen LogP contribution in [0.3, 0.4) is 0 Å². The normalized spacial score (nSPS) is 11.1. The molecule has 0 aliphatic heterocycles. The first-order valence-corrected chi connectivity index (χ1v) is 12.3. The lowest BCUT2D eigenvalue weighted by Crippen LogP contribution is -2.39. The van der Waals surface area contributed by atoms with Crippen molar-refractivity contribution in [1.82, 2.24) is 5.43 Å². The SMILES string of the molecule is Cc1ccc(S(=O)(=O)N(CC(=O)N/N=C\c2ccc(OCC#N)cc2)c2cccc(Br)c2)cc1. The highest BCUT2D eigenvalue weighted by molar-refractivity contribution is 9.10. The van der Waals surface area contributed by atoms with E-state index in [-0.39, 0.29) is 11.5 Å². The molecule has 0 saturated carbocycles. The number of nitriles is 1. The van der Waals surface area contributed by atoms with E-state index in [1.807, 2.05) is 13.0 Å². The number of anilines is 1. The van der Waals surface area contributed by atoms with Crippen LogP contribution in [0.2, 0.25) is 0 Å². The summed E-state index contributed by atoms with van der Waals surface area (Å²) in [5.41, 5.74) is 4.30. The second kappa shape index (κ2) is 11.4. The second-order valence-electron chi connectivity index (χ2n) is 7.11. The van der Waals surface area contributed by atoms with Crippen LogP contribution in [-0.4, -0.2) is 33.7 Å². The fourth-order valence-corrected chi connectivity index (χ4v) is 4.69. The molecule has 0 spiro atoms. The monoisotopic (exact) mass is 540 g/mol. The molecular weight excluding hydrogens is 520 g/mol. The summed E-state index contributed by atoms with van der Waals surface area (Å²) in [7, 11) is -4.01. The molecule has 3 rings (SSSR count). The predicted octanol–water partition coefficient (Wildman–Crippen LogP) is 4.01. The number of hydrogen-bond donors (Lipinski definition) is 1. The Morgan fingerprint density at radius 2 is 1.85 bits per heavy atom. The number of ether oxygens (including phenoxy) is 1. The van der Waals surface area contributed by atoms with Gasteiger partial charge >= 0.3 is 0 Å². The van der Waals surface area contributed by atoms with E-state index >= 15 is 0 Å². The van der Waals surface area contributed by atoms with Crippen LogP contribution in [0.5, 0.6) is 5.75 Å². The number of nitrogens with zero attached hydrogens (tertiary/aromatic N) is 3. The van der Waals surface area contributed by atoms with Gasteiger partial charge in [0.05, 0.1) is 16.8 Å². The lowest BCUT2D eigenvalue weighted by Gasteiger charge is -2.24. The Labute approximate surface area is 206 Å². The summed E-state index contributed by atoms with van der Waals surface area (Å²) < 4.78 is 33.6. The van der Waals surface area contributed by atoms with Gasteiger partial charge in [0.15, 0.2) is 6.61 Å². The molecule has 0 atom stereocenters. The third-order valence-corrected chi connectivity index (χ3v) is 6.86. The Morgan fingerprint density at radius 1 is 1.15 bits per heavy atom. The van der Waals surface area contributed by atoms with Crippen molar-refractivity contribution in [1.29, 1.82) is 5.26 Å². The lowest BCUT2D eigenvalue weighted by atomic mass is 10.2. The number of hydrogen-bond acceptors (Lipinski definition) is 6. The summed E-state index contributed by atoms with van der Waals surface area (Å²) in [5.74, 6) is -0.0744. The molecule has 0 aromatic heterocycles. The molecule has 0 saturated heterocycles. The third kappa shape index (κ3) is 6.66. The number of aryl methyl sites for hydroxylation is 1. The van der Waals surface area contributed by atoms with Gasteiger partial charge in [0.25, 0.3) is 15.9 Å². The first-order valence-electron chi connectivity index (χ1n) is 10.1. The highest BCUT2D eigenvalue weighted by atomic mass is 79.9. The van der Waals surface area contributed by atoms with Crippen molar-refractivity contribution >= 4 is 43.8 Å². The smallest absolute Gasteiger partial charge is 0.264 e. The highest BCUT2D eigenvalue weighted by Crippen LogP contribution is 2.26. The molecule has 3 aromatic carbocycles. The number of nitrogens with one attached hydrogen (secondary N) is 1. The van der Waals surface area contributed by atoms with Crippen LogP contribution in [0.1, 0.15) is 11.1 Å². The standard InChI is InChI=1S/C24H21BrN4O4S/c1-18-5-11-23(12-6-18)34(31,32)29(21-4-2-3-20(25)15-21)17-24(30)28-27-16-19-7-9-22(10-8-19)33-14-13-26/h2-12,15-16H,14,17H2,1H3,(H,28,30)/b27-16-. The van der Waals surface area contributed by atoms with E-state index in [1.165, 1.54) is 18.3 Å². The van der Waals surface area contributed by atoms with Crippen molar-refractivity contribution in [2.45, 2.75) is 11.8 Å². The number of sulfonamides is 1. The summed E-state index contributed by atoms with van der Waals surface area (Å²) in [6, 6.07) is 21.8. The summed E-state index contributed by atoms with van der Waals surface area (Å²) in [5, 5.41) is 12.5. The Balaban J connectivity index is 1.76. The molecule has 10 heteroatoms. The highest BCUT2D eigenvalue weighted by Gasteiger charge is 2.27. The van der Waals surface area contributed by atoms with Gasteiger partial charge in [0.1, 0.15) is 18.4 Å². The van der Waals surface area contributed by atoms with E-state index < -0.39 is 22.5 Å². The van der Waals surface area contributed by atoms with E-state index in [1.54, 1.807) is 60.7 Å². The van der Waals surface area contributed by atoms with Gasteiger partial charge in [-0.25, -0.2) is 13.8 Å². The second-order valence-corrected chi connectivity index (χ2v) is 9.89. The Bertz CT molecular complexity index is 1320. The van der Waals surface area contributed by atoms with Crippen LogP contribution in [-0.2, 0) is 14.8 Å². The fourth-order valence-electron chi connectivity index (χ4n) is 2.89. The zero-order valence-corrected chi connectivity index (χ0v) is 20.6. The van der Waals surface area contributed by atoms with Crippen molar-refractivity contribution < 1.29 is 17.9 Å². The molecular formula is C24H21BrN4O4S. The maximum atomic E-state index is 13.4. The molecule has 174 valence electrons. The molecule has 0 bridgehead atoms. The fraction of sp³-hybridized carbons (Fsp3) is 0.125. The van der Waals surface area contributed by atoms with Gasteiger partial charge in [-0.15, -0.1) is 0 Å². The molecule has 8 nitrogen and oxygen atoms in total. The topological polar surface area (TPSA) is 112 Å². The summed E-state index contributed by atoms with van der Waals surface area (Å²) in [6.45, 7) is 1.34. The maximum absolute atomic E-state index is 13.4. The van der Waals surface area contributed by atoms with E-state index in [0.29, 0.717) is 21.5 Å². The van der Waals surface area contributed by atoms with Gasteiger partial charge < -0.3 is 4.74 Å². The molecule has 0 fully saturated rings. The number of amides is 1. The molecule has 3 aromatic rings. The van der Waals surface area contributed by atoms with Crippen molar-refractivity contribution in [2.75, 3.05) is 17.5 Å². The third-order valence-electron chi connectivity index (χ3n) is 4.58. The molecule has 0 heterocycles. The molecule has 0 aliphatic rings. The first-order chi connectivity index (χ1) is 16.3. The van der Waals surface area contributed by atoms with Crippen LogP contribution in [0, 0.1) is 18.3 Å². The van der Waals surface area contributed by atoms with Crippen molar-refractivity contribution in [3.05, 3.63) is 88.4 Å². The van der Waals surface area contributed by atoms with Crippen LogP contribution < -0.4 is 14.5 Å². The van der Waals surface area contributed by atoms with E-state index in [0.717, 1.165) is 9.87 Å². The van der Waals surface area contributed by atoms with Crippen LogP contribution in [0.25, 0.3) is 0 Å². The summed E-state index contributed by atoms with van der Waals surface area (Å²) >= 11 is 3.35. The van der Waals surface area contributed by atoms with Crippen molar-refractivity contribution in [2.24, 2.45) is 5.10 Å². The quantitative estimate of drug-likeness (QED) is 0.325. The molecule has 34 heavy (non-hydrogen) atoms. The van der Waals surface area contributed by atoms with Gasteiger partial charge in [-0.1, -0.05) is 39.7 Å². The molecule has 0 unspecified atom stereocenters. The van der Waals surface area contributed by atoms with Crippen LogP contribution in [0.4, 0.5) is 5.69 Å². The number of halogens is 1. The van der Waals surface area contributed by atoms with Gasteiger partial charge in [-0.3, -0.25) is 9.10 Å². The Kier molecular flexibility index (Phi) is 8.40. The largest absolute Gasteiger partial charge is 0.479 e. The van der Waals surface area contributed by atoms with E-state index in [4.69, 9.17) is 10.00 Å². The first kappa shape index (κ1) is 25.0. The minimum atomic E-state index is -4.01. The summed E-state index contributed by atoms with van der Waals surface area (Å²) in [4.78, 5) is 12.7. The molecule has 0 aliphatic carbocycles. The number of carbonyl (C=O) groups excluding carboxylic acids is 1. The molecule has 0 radical (unpaired) electrons. The average molecular weight is 541 g/mol. The van der Waals surface area contributed by atoms with Crippen LogP contribution in [0.15, 0.2) is 87.3 Å². The predicted molar refractivity (Wildman–Crippen MR) is 133 cm³/mol. The van der Waals surface area contributed by atoms with E-state index in [9.17, 15) is 13.2 Å². The van der Waals surface area contributed by atoms with E-state index in [2.05, 4.69) is 26.5 Å². The zero-order chi connectivity index (χ0) is 24.6. The van der Waals surface area contributed by atoms with Gasteiger partial charge in [0.2, 0.25) is 0 Å². The van der Waals surface area contributed by atoms with Gasteiger partial charge in [-0.2, -0.15) is 10.4 Å². The Hall–Kier alpha value is -3.68. The van der Waals surface area contributed by atoms with Gasteiger partial charge in [-0.05, 0) is 67.1 Å². The van der Waals surface area contributed by atoms with Crippen molar-refractivity contribution in [3.63, 3.8) is 0 Å². The number of hydrazone groups is 1. The maximum Gasteiger partial charge on any atom is 0.264 e. The zero-order valence-electron chi connectivity index (χ0n) is 18.2. The minimum Gasteiger partial charge on any atom is -0.479 e.